The van der Waals surface area contributed by atoms with E-state index in [2.05, 4.69) is 17.2 Å². The molecule has 1 aromatic heterocycles. The van der Waals surface area contributed by atoms with Crippen LogP contribution in [0.3, 0.4) is 0 Å². The summed E-state index contributed by atoms with van der Waals surface area (Å²) in [6, 6.07) is 13.7. The number of benzene rings is 2. The Hall–Kier alpha value is -1.85. The van der Waals surface area contributed by atoms with Crippen molar-refractivity contribution in [1.29, 1.82) is 0 Å². The van der Waals surface area contributed by atoms with Crippen molar-refractivity contribution in [1.82, 2.24) is 4.98 Å². The molecule has 3 nitrogen and oxygen atoms in total. The van der Waals surface area contributed by atoms with Crippen LogP contribution in [0.1, 0.15) is 22.8 Å². The van der Waals surface area contributed by atoms with Crippen LogP contribution in [-0.4, -0.2) is 16.6 Å². The van der Waals surface area contributed by atoms with E-state index >= 15 is 0 Å². The van der Waals surface area contributed by atoms with Crippen LogP contribution < -0.4 is 5.32 Å². The van der Waals surface area contributed by atoms with Gasteiger partial charge in [0, 0.05) is 10.5 Å². The number of nitrogens with one attached hydrogen (secondary N) is 1. The first kappa shape index (κ1) is 15.1. The van der Waals surface area contributed by atoms with E-state index in [9.17, 15) is 4.79 Å². The molecule has 0 saturated carbocycles. The second-order valence-electron chi connectivity index (χ2n) is 4.86. The fourth-order valence-corrected chi connectivity index (χ4v) is 3.86. The van der Waals surface area contributed by atoms with E-state index in [4.69, 9.17) is 0 Å². The van der Waals surface area contributed by atoms with Gasteiger partial charge in [-0.15, -0.1) is 11.8 Å². The van der Waals surface area contributed by atoms with E-state index < -0.39 is 0 Å². The van der Waals surface area contributed by atoms with Gasteiger partial charge in [-0.3, -0.25) is 10.1 Å². The highest BCUT2D eigenvalue weighted by Crippen LogP contribution is 2.28. The van der Waals surface area contributed by atoms with Crippen LogP contribution in [0.15, 0.2) is 47.4 Å². The third-order valence-electron chi connectivity index (χ3n) is 3.25. The van der Waals surface area contributed by atoms with Crippen LogP contribution in [0.4, 0.5) is 5.13 Å². The summed E-state index contributed by atoms with van der Waals surface area (Å²) in [4.78, 5) is 18.0. The minimum atomic E-state index is -0.115. The van der Waals surface area contributed by atoms with Crippen molar-refractivity contribution in [2.24, 2.45) is 0 Å². The molecule has 0 aliphatic heterocycles. The highest BCUT2D eigenvalue weighted by Gasteiger charge is 2.11. The average molecular weight is 328 g/mol. The number of thiazole rings is 1. The molecule has 0 fully saturated rings. The molecule has 0 aliphatic rings. The second kappa shape index (κ2) is 6.50. The Morgan fingerprint density at radius 1 is 1.27 bits per heavy atom. The van der Waals surface area contributed by atoms with E-state index in [1.54, 1.807) is 11.8 Å². The van der Waals surface area contributed by atoms with Crippen LogP contribution in [0.2, 0.25) is 0 Å². The van der Waals surface area contributed by atoms with Crippen molar-refractivity contribution in [3.63, 3.8) is 0 Å². The summed E-state index contributed by atoms with van der Waals surface area (Å²) in [5.41, 5.74) is 2.74. The quantitative estimate of drug-likeness (QED) is 0.688. The standard InChI is InChI=1S/C17H16N2OS2/c1-3-21-13-8-5-7-12(10-13)16(20)19-17-18-15-11(2)6-4-9-14(15)22-17/h4-10H,3H2,1-2H3,(H,18,19,20). The fraction of sp³-hybridized carbons (Fsp3) is 0.176. The van der Waals surface area contributed by atoms with Crippen molar-refractivity contribution < 1.29 is 4.79 Å². The lowest BCUT2D eigenvalue weighted by Gasteiger charge is -2.04. The van der Waals surface area contributed by atoms with Gasteiger partial charge in [0.25, 0.3) is 5.91 Å². The number of rotatable bonds is 4. The van der Waals surface area contributed by atoms with Gasteiger partial charge in [-0.1, -0.05) is 36.5 Å². The molecule has 0 bridgehead atoms. The monoisotopic (exact) mass is 328 g/mol. The van der Waals surface area contributed by atoms with Crippen LogP contribution >= 0.6 is 23.1 Å². The molecule has 1 N–H and O–H groups in total. The topological polar surface area (TPSA) is 42.0 Å². The number of anilines is 1. The Balaban J connectivity index is 1.83. The van der Waals surface area contributed by atoms with Gasteiger partial charge in [0.15, 0.2) is 5.13 Å². The smallest absolute Gasteiger partial charge is 0.257 e. The number of para-hydroxylation sites is 1. The third-order valence-corrected chi connectivity index (χ3v) is 5.06. The number of nitrogens with zero attached hydrogens (tertiary/aromatic N) is 1. The molecule has 22 heavy (non-hydrogen) atoms. The number of carbonyl (C=O) groups is 1. The zero-order valence-electron chi connectivity index (χ0n) is 12.4. The molecule has 2 aromatic carbocycles. The Morgan fingerprint density at radius 2 is 2.09 bits per heavy atom. The molecule has 0 aliphatic carbocycles. The predicted octanol–water partition coefficient (Wildman–Crippen LogP) is 4.97. The number of thioether (sulfide) groups is 1. The van der Waals surface area contributed by atoms with Gasteiger partial charge in [-0.25, -0.2) is 4.98 Å². The van der Waals surface area contributed by atoms with Crippen molar-refractivity contribution in [2.45, 2.75) is 18.7 Å². The van der Waals surface area contributed by atoms with Crippen LogP contribution in [0.25, 0.3) is 10.2 Å². The third kappa shape index (κ3) is 3.15. The molecule has 3 aromatic rings. The molecule has 0 saturated heterocycles. The first-order valence-corrected chi connectivity index (χ1v) is 8.88. The molecule has 112 valence electrons. The number of aryl methyl sites for hydroxylation is 1. The lowest BCUT2D eigenvalue weighted by molar-refractivity contribution is 0.102. The van der Waals surface area contributed by atoms with Crippen LogP contribution in [0.5, 0.6) is 0 Å². The minimum absolute atomic E-state index is 0.115. The van der Waals surface area contributed by atoms with Crippen molar-refractivity contribution in [3.8, 4) is 0 Å². The van der Waals surface area contributed by atoms with Crippen molar-refractivity contribution in [3.05, 3.63) is 53.6 Å². The summed E-state index contributed by atoms with van der Waals surface area (Å²) in [6.45, 7) is 4.12. The SMILES string of the molecule is CCSc1cccc(C(=O)Nc2nc3c(C)cccc3s2)c1. The normalized spacial score (nSPS) is 10.8. The van der Waals surface area contributed by atoms with Crippen LogP contribution in [0, 0.1) is 6.92 Å². The molecular weight excluding hydrogens is 312 g/mol. The largest absolute Gasteiger partial charge is 0.298 e. The number of fused-ring (bicyclic) bond motifs is 1. The highest BCUT2D eigenvalue weighted by atomic mass is 32.2. The van der Waals surface area contributed by atoms with E-state index in [-0.39, 0.29) is 5.91 Å². The average Bonchev–Trinajstić information content (AvgIpc) is 2.92. The van der Waals surface area contributed by atoms with Crippen molar-refractivity contribution >= 4 is 44.4 Å². The molecule has 1 heterocycles. The Kier molecular flexibility index (Phi) is 4.45. The van der Waals surface area contributed by atoms with Gasteiger partial charge in [0.2, 0.25) is 0 Å². The maximum absolute atomic E-state index is 12.4. The molecule has 1 amide bonds. The van der Waals surface area contributed by atoms with E-state index in [1.807, 2.05) is 49.4 Å². The fourth-order valence-electron chi connectivity index (χ4n) is 2.20. The zero-order chi connectivity index (χ0) is 15.5. The number of hydrogen-bond acceptors (Lipinski definition) is 4. The predicted molar refractivity (Wildman–Crippen MR) is 95.2 cm³/mol. The molecule has 0 atom stereocenters. The van der Waals surface area contributed by atoms with Gasteiger partial charge >= 0.3 is 0 Å². The van der Waals surface area contributed by atoms with E-state index in [0.29, 0.717) is 10.7 Å². The number of aromatic nitrogens is 1. The Bertz CT molecular complexity index is 826. The maximum atomic E-state index is 12.4. The summed E-state index contributed by atoms with van der Waals surface area (Å²) in [5, 5.41) is 3.54. The summed E-state index contributed by atoms with van der Waals surface area (Å²) < 4.78 is 1.09. The van der Waals surface area contributed by atoms with E-state index in [1.165, 1.54) is 11.3 Å². The molecule has 0 radical (unpaired) electrons. The van der Waals surface area contributed by atoms with Gasteiger partial charge in [0.1, 0.15) is 0 Å². The zero-order valence-corrected chi connectivity index (χ0v) is 14.1. The first-order valence-electron chi connectivity index (χ1n) is 7.07. The lowest BCUT2D eigenvalue weighted by Crippen LogP contribution is -2.11. The molecule has 0 unspecified atom stereocenters. The van der Waals surface area contributed by atoms with Crippen LogP contribution in [-0.2, 0) is 0 Å². The summed E-state index contributed by atoms with van der Waals surface area (Å²) >= 11 is 3.23. The van der Waals surface area contributed by atoms with Gasteiger partial charge < -0.3 is 0 Å². The highest BCUT2D eigenvalue weighted by molar-refractivity contribution is 7.99. The van der Waals surface area contributed by atoms with Gasteiger partial charge in [0.05, 0.1) is 10.2 Å². The number of carbonyl (C=O) groups excluding carboxylic acids is 1. The molecule has 3 rings (SSSR count). The molecule has 5 heteroatoms. The van der Waals surface area contributed by atoms with Crippen molar-refractivity contribution in [2.75, 3.05) is 11.1 Å². The minimum Gasteiger partial charge on any atom is -0.298 e. The maximum Gasteiger partial charge on any atom is 0.257 e. The second-order valence-corrected chi connectivity index (χ2v) is 7.22. The molecule has 0 spiro atoms. The summed E-state index contributed by atoms with van der Waals surface area (Å²) in [5.74, 6) is 0.873. The Morgan fingerprint density at radius 3 is 2.86 bits per heavy atom. The van der Waals surface area contributed by atoms with E-state index in [0.717, 1.165) is 26.4 Å². The first-order chi connectivity index (χ1) is 10.7. The number of amides is 1. The van der Waals surface area contributed by atoms with Gasteiger partial charge in [-0.05, 0) is 42.5 Å². The summed E-state index contributed by atoms with van der Waals surface area (Å²) in [6.07, 6.45) is 0. The summed E-state index contributed by atoms with van der Waals surface area (Å²) in [7, 11) is 0. The van der Waals surface area contributed by atoms with Gasteiger partial charge in [-0.2, -0.15) is 0 Å². The lowest BCUT2D eigenvalue weighted by atomic mass is 10.2. The Labute approximate surface area is 137 Å². The molecular formula is C17H16N2OS2. The number of hydrogen-bond donors (Lipinski definition) is 1.